The first kappa shape index (κ1) is 12.3. The quantitative estimate of drug-likeness (QED) is 0.898. The van der Waals surface area contributed by atoms with Gasteiger partial charge in [0.2, 0.25) is 0 Å². The molecule has 0 spiro atoms. The van der Waals surface area contributed by atoms with Crippen LogP contribution in [0.3, 0.4) is 0 Å². The van der Waals surface area contributed by atoms with Crippen molar-refractivity contribution in [1.29, 1.82) is 0 Å². The van der Waals surface area contributed by atoms with E-state index in [-0.39, 0.29) is 6.42 Å². The van der Waals surface area contributed by atoms with E-state index in [4.69, 9.17) is 5.11 Å². The van der Waals surface area contributed by atoms with Crippen LogP contribution in [0.15, 0.2) is 36.5 Å². The van der Waals surface area contributed by atoms with E-state index in [9.17, 15) is 4.79 Å². The van der Waals surface area contributed by atoms with E-state index in [2.05, 4.69) is 4.98 Å². The van der Waals surface area contributed by atoms with Crippen molar-refractivity contribution in [2.45, 2.75) is 20.3 Å². The van der Waals surface area contributed by atoms with Crippen molar-refractivity contribution in [3.63, 3.8) is 0 Å². The molecule has 3 nitrogen and oxygen atoms in total. The zero-order chi connectivity index (χ0) is 13.1. The summed E-state index contributed by atoms with van der Waals surface area (Å²) in [5.41, 5.74) is 5.12. The number of aromatic nitrogens is 1. The summed E-state index contributed by atoms with van der Waals surface area (Å²) in [6.45, 7) is 3.95. The molecule has 1 aromatic heterocycles. The van der Waals surface area contributed by atoms with Gasteiger partial charge in [-0.1, -0.05) is 18.2 Å². The van der Waals surface area contributed by atoms with Crippen LogP contribution in [0.4, 0.5) is 0 Å². The molecule has 3 heteroatoms. The average molecular weight is 241 g/mol. The maximum atomic E-state index is 10.7. The van der Waals surface area contributed by atoms with E-state index in [0.29, 0.717) is 0 Å². The van der Waals surface area contributed by atoms with Crippen molar-refractivity contribution < 1.29 is 9.90 Å². The molecule has 2 rings (SSSR count). The summed E-state index contributed by atoms with van der Waals surface area (Å²) < 4.78 is 0. The maximum Gasteiger partial charge on any atom is 0.307 e. The Kier molecular flexibility index (Phi) is 3.42. The van der Waals surface area contributed by atoms with Gasteiger partial charge < -0.3 is 5.11 Å². The minimum Gasteiger partial charge on any atom is -0.481 e. The standard InChI is InChI=1S/C15H15NO2/c1-10-7-12(9-15(17)18)3-4-14(10)13-5-6-16-11(2)8-13/h3-8H,9H2,1-2H3,(H,17,18). The van der Waals surface area contributed by atoms with Gasteiger partial charge >= 0.3 is 5.97 Å². The Morgan fingerprint density at radius 1 is 1.22 bits per heavy atom. The number of hydrogen-bond donors (Lipinski definition) is 1. The van der Waals surface area contributed by atoms with Gasteiger partial charge in [0.15, 0.2) is 0 Å². The van der Waals surface area contributed by atoms with Crippen LogP contribution in [0.1, 0.15) is 16.8 Å². The second-order valence-electron chi connectivity index (χ2n) is 4.41. The molecule has 0 fully saturated rings. The van der Waals surface area contributed by atoms with Gasteiger partial charge in [-0.25, -0.2) is 0 Å². The Hall–Kier alpha value is -2.16. The van der Waals surface area contributed by atoms with Gasteiger partial charge in [-0.05, 0) is 48.2 Å². The molecule has 1 heterocycles. The Morgan fingerprint density at radius 3 is 2.61 bits per heavy atom. The van der Waals surface area contributed by atoms with Crippen molar-refractivity contribution in [2.24, 2.45) is 0 Å². The largest absolute Gasteiger partial charge is 0.481 e. The van der Waals surface area contributed by atoms with Crippen LogP contribution in [0.2, 0.25) is 0 Å². The zero-order valence-corrected chi connectivity index (χ0v) is 10.5. The fourth-order valence-electron chi connectivity index (χ4n) is 2.05. The Balaban J connectivity index is 2.38. The summed E-state index contributed by atoms with van der Waals surface area (Å²) in [4.78, 5) is 14.8. The lowest BCUT2D eigenvalue weighted by Gasteiger charge is -2.08. The fraction of sp³-hybridized carbons (Fsp3) is 0.200. The Labute approximate surface area is 106 Å². The molecule has 0 atom stereocenters. The molecule has 0 unspecified atom stereocenters. The number of hydrogen-bond acceptors (Lipinski definition) is 2. The van der Waals surface area contributed by atoms with E-state index in [1.54, 1.807) is 6.20 Å². The number of nitrogens with zero attached hydrogens (tertiary/aromatic N) is 1. The van der Waals surface area contributed by atoms with Crippen molar-refractivity contribution >= 4 is 5.97 Å². The molecular formula is C15H15NO2. The van der Waals surface area contributed by atoms with E-state index in [1.807, 2.05) is 44.2 Å². The minimum absolute atomic E-state index is 0.0660. The lowest BCUT2D eigenvalue weighted by atomic mass is 9.98. The number of pyridine rings is 1. The smallest absolute Gasteiger partial charge is 0.307 e. The van der Waals surface area contributed by atoms with Crippen LogP contribution in [0.5, 0.6) is 0 Å². The Bertz CT molecular complexity index is 591. The molecule has 0 saturated carbocycles. The van der Waals surface area contributed by atoms with Gasteiger partial charge in [0.1, 0.15) is 0 Å². The summed E-state index contributed by atoms with van der Waals surface area (Å²) in [6.07, 6.45) is 1.85. The molecule has 1 N–H and O–H groups in total. The van der Waals surface area contributed by atoms with Crippen molar-refractivity contribution in [1.82, 2.24) is 4.98 Å². The summed E-state index contributed by atoms with van der Waals surface area (Å²) in [5, 5.41) is 8.77. The number of carboxylic acid groups (broad SMARTS) is 1. The normalized spacial score (nSPS) is 10.3. The SMILES string of the molecule is Cc1cc(-c2ccc(CC(=O)O)cc2C)ccn1. The van der Waals surface area contributed by atoms with Crippen LogP contribution in [0, 0.1) is 13.8 Å². The predicted octanol–water partition coefficient (Wildman–Crippen LogP) is 2.99. The number of rotatable bonds is 3. The highest BCUT2D eigenvalue weighted by molar-refractivity contribution is 5.72. The van der Waals surface area contributed by atoms with Crippen LogP contribution in [0.25, 0.3) is 11.1 Å². The third kappa shape index (κ3) is 2.74. The van der Waals surface area contributed by atoms with Gasteiger partial charge in [-0.15, -0.1) is 0 Å². The predicted molar refractivity (Wildman–Crippen MR) is 70.5 cm³/mol. The molecule has 0 amide bonds. The number of benzene rings is 1. The molecule has 0 bridgehead atoms. The molecule has 92 valence electrons. The molecule has 1 aromatic carbocycles. The first-order chi connectivity index (χ1) is 8.56. The van der Waals surface area contributed by atoms with E-state index in [0.717, 1.165) is 27.9 Å². The number of carboxylic acids is 1. The number of aliphatic carboxylic acids is 1. The van der Waals surface area contributed by atoms with Crippen molar-refractivity contribution in [3.05, 3.63) is 53.3 Å². The number of aryl methyl sites for hydroxylation is 2. The average Bonchev–Trinajstić information content (AvgIpc) is 2.28. The van der Waals surface area contributed by atoms with Crippen LogP contribution in [-0.2, 0) is 11.2 Å². The third-order valence-corrected chi connectivity index (χ3v) is 2.85. The van der Waals surface area contributed by atoms with Crippen molar-refractivity contribution in [2.75, 3.05) is 0 Å². The van der Waals surface area contributed by atoms with Crippen molar-refractivity contribution in [3.8, 4) is 11.1 Å². The molecule has 0 aliphatic heterocycles. The van der Waals surface area contributed by atoms with Gasteiger partial charge in [0.25, 0.3) is 0 Å². The monoisotopic (exact) mass is 241 g/mol. The lowest BCUT2D eigenvalue weighted by Crippen LogP contribution is -2.00. The maximum absolute atomic E-state index is 10.7. The molecule has 0 saturated heterocycles. The van der Waals surface area contributed by atoms with Crippen LogP contribution in [-0.4, -0.2) is 16.1 Å². The highest BCUT2D eigenvalue weighted by Crippen LogP contribution is 2.24. The summed E-state index contributed by atoms with van der Waals surface area (Å²) >= 11 is 0. The van der Waals surface area contributed by atoms with E-state index >= 15 is 0 Å². The topological polar surface area (TPSA) is 50.2 Å². The summed E-state index contributed by atoms with van der Waals surface area (Å²) in [6, 6.07) is 9.76. The van der Waals surface area contributed by atoms with Gasteiger partial charge in [0.05, 0.1) is 6.42 Å². The molecule has 18 heavy (non-hydrogen) atoms. The van der Waals surface area contributed by atoms with E-state index < -0.39 is 5.97 Å². The van der Waals surface area contributed by atoms with Gasteiger partial charge in [-0.2, -0.15) is 0 Å². The molecule has 2 aromatic rings. The molecule has 0 aliphatic rings. The van der Waals surface area contributed by atoms with Crippen LogP contribution >= 0.6 is 0 Å². The summed E-state index contributed by atoms with van der Waals surface area (Å²) in [7, 11) is 0. The van der Waals surface area contributed by atoms with Gasteiger partial charge in [0, 0.05) is 11.9 Å². The Morgan fingerprint density at radius 2 is 2.00 bits per heavy atom. The third-order valence-electron chi connectivity index (χ3n) is 2.85. The molecule has 0 aliphatic carbocycles. The highest BCUT2D eigenvalue weighted by Gasteiger charge is 2.06. The highest BCUT2D eigenvalue weighted by atomic mass is 16.4. The lowest BCUT2D eigenvalue weighted by molar-refractivity contribution is -0.136. The molecule has 0 radical (unpaired) electrons. The zero-order valence-electron chi connectivity index (χ0n) is 10.5. The first-order valence-electron chi connectivity index (χ1n) is 5.80. The second-order valence-corrected chi connectivity index (χ2v) is 4.41. The summed E-state index contributed by atoms with van der Waals surface area (Å²) in [5.74, 6) is -0.804. The fourth-order valence-corrected chi connectivity index (χ4v) is 2.05. The first-order valence-corrected chi connectivity index (χ1v) is 5.80. The molecular weight excluding hydrogens is 226 g/mol. The van der Waals surface area contributed by atoms with Crippen LogP contribution < -0.4 is 0 Å². The number of carbonyl (C=O) groups is 1. The second kappa shape index (κ2) is 5.00. The van der Waals surface area contributed by atoms with Gasteiger partial charge in [-0.3, -0.25) is 9.78 Å². The minimum atomic E-state index is -0.804. The van der Waals surface area contributed by atoms with E-state index in [1.165, 1.54) is 0 Å².